The SMILES string of the molecule is [CH2]C(C)C(C=C)CC. The number of allylic oxidation sites excluding steroid dienone is 1. The molecular formula is C8H15. The van der Waals surface area contributed by atoms with Crippen molar-refractivity contribution in [3.8, 4) is 0 Å². The predicted octanol–water partition coefficient (Wildman–Crippen LogP) is 2.67. The Balaban J connectivity index is 3.51. The Morgan fingerprint density at radius 2 is 2.12 bits per heavy atom. The van der Waals surface area contributed by atoms with E-state index in [1.807, 2.05) is 6.08 Å². The maximum absolute atomic E-state index is 3.91. The first-order chi connectivity index (χ1) is 3.72. The van der Waals surface area contributed by atoms with Crippen LogP contribution in [0.15, 0.2) is 12.7 Å². The lowest BCUT2D eigenvalue weighted by Gasteiger charge is -2.12. The summed E-state index contributed by atoms with van der Waals surface area (Å²) in [6.07, 6.45) is 3.14. The van der Waals surface area contributed by atoms with E-state index in [4.69, 9.17) is 0 Å². The molecule has 0 saturated heterocycles. The summed E-state index contributed by atoms with van der Waals surface area (Å²) in [5.41, 5.74) is 0. The van der Waals surface area contributed by atoms with Crippen molar-refractivity contribution in [2.45, 2.75) is 20.3 Å². The number of rotatable bonds is 3. The molecule has 0 aromatic heterocycles. The van der Waals surface area contributed by atoms with Gasteiger partial charge in [-0.2, -0.15) is 0 Å². The van der Waals surface area contributed by atoms with Gasteiger partial charge < -0.3 is 0 Å². The van der Waals surface area contributed by atoms with Crippen LogP contribution in [0.25, 0.3) is 0 Å². The van der Waals surface area contributed by atoms with Crippen molar-refractivity contribution >= 4 is 0 Å². The van der Waals surface area contributed by atoms with E-state index in [9.17, 15) is 0 Å². The Bertz CT molecular complexity index is 62.4. The third-order valence-corrected chi connectivity index (χ3v) is 1.51. The average Bonchev–Trinajstić information content (AvgIpc) is 1.69. The van der Waals surface area contributed by atoms with Crippen LogP contribution in [0.2, 0.25) is 0 Å². The summed E-state index contributed by atoms with van der Waals surface area (Å²) >= 11 is 0. The molecule has 0 bridgehead atoms. The molecule has 0 fully saturated rings. The number of hydrogen-bond acceptors (Lipinski definition) is 0. The molecule has 0 amide bonds. The van der Waals surface area contributed by atoms with Crippen LogP contribution in [0.4, 0.5) is 0 Å². The predicted molar refractivity (Wildman–Crippen MR) is 38.5 cm³/mol. The zero-order valence-electron chi connectivity index (χ0n) is 5.85. The highest BCUT2D eigenvalue weighted by molar-refractivity contribution is 4.82. The highest BCUT2D eigenvalue weighted by Crippen LogP contribution is 2.13. The van der Waals surface area contributed by atoms with E-state index in [0.717, 1.165) is 6.42 Å². The van der Waals surface area contributed by atoms with E-state index >= 15 is 0 Å². The van der Waals surface area contributed by atoms with Crippen molar-refractivity contribution in [3.63, 3.8) is 0 Å². The standard InChI is InChI=1S/C8H15/c1-5-8(6-2)7(3)4/h5,7-8H,1,3,6H2,2,4H3. The molecule has 0 aliphatic rings. The molecule has 0 heteroatoms. The van der Waals surface area contributed by atoms with E-state index in [2.05, 4.69) is 27.4 Å². The second-order valence-corrected chi connectivity index (χ2v) is 2.29. The minimum atomic E-state index is 0.512. The molecule has 1 radical (unpaired) electrons. The zero-order chi connectivity index (χ0) is 6.57. The molecule has 47 valence electrons. The van der Waals surface area contributed by atoms with Gasteiger partial charge in [-0.25, -0.2) is 0 Å². The van der Waals surface area contributed by atoms with Crippen LogP contribution >= 0.6 is 0 Å². The third kappa shape index (κ3) is 2.15. The van der Waals surface area contributed by atoms with Crippen LogP contribution in [0.5, 0.6) is 0 Å². The molecule has 0 rings (SSSR count). The van der Waals surface area contributed by atoms with Gasteiger partial charge in [0.05, 0.1) is 0 Å². The lowest BCUT2D eigenvalue weighted by molar-refractivity contribution is 0.495. The normalized spacial score (nSPS) is 14.0. The largest absolute Gasteiger partial charge is 0.103 e. The van der Waals surface area contributed by atoms with Crippen LogP contribution in [0.1, 0.15) is 20.3 Å². The summed E-state index contributed by atoms with van der Waals surface area (Å²) in [6, 6.07) is 0. The van der Waals surface area contributed by atoms with Crippen LogP contribution in [0.3, 0.4) is 0 Å². The van der Waals surface area contributed by atoms with Crippen LogP contribution in [-0.2, 0) is 0 Å². The molecule has 0 N–H and O–H groups in total. The second kappa shape index (κ2) is 3.71. The quantitative estimate of drug-likeness (QED) is 0.491. The second-order valence-electron chi connectivity index (χ2n) is 2.29. The molecule has 2 atom stereocenters. The Kier molecular flexibility index (Phi) is 3.59. The highest BCUT2D eigenvalue weighted by atomic mass is 14.1. The molecule has 0 spiro atoms. The molecule has 0 saturated carbocycles. The summed E-state index contributed by atoms with van der Waals surface area (Å²) in [5, 5.41) is 0. The van der Waals surface area contributed by atoms with Crippen LogP contribution in [0, 0.1) is 18.8 Å². The van der Waals surface area contributed by atoms with Gasteiger partial charge in [0.15, 0.2) is 0 Å². The Hall–Kier alpha value is -0.260. The van der Waals surface area contributed by atoms with Crippen LogP contribution in [-0.4, -0.2) is 0 Å². The van der Waals surface area contributed by atoms with Gasteiger partial charge in [-0.1, -0.05) is 19.9 Å². The minimum absolute atomic E-state index is 0.512. The summed E-state index contributed by atoms with van der Waals surface area (Å²) in [5.74, 6) is 1.12. The first-order valence-corrected chi connectivity index (χ1v) is 3.18. The first kappa shape index (κ1) is 7.74. The molecule has 8 heavy (non-hydrogen) atoms. The molecule has 2 unspecified atom stereocenters. The van der Waals surface area contributed by atoms with Crippen molar-refractivity contribution < 1.29 is 0 Å². The summed E-state index contributed by atoms with van der Waals surface area (Å²) < 4.78 is 0. The summed E-state index contributed by atoms with van der Waals surface area (Å²) in [7, 11) is 0. The van der Waals surface area contributed by atoms with Gasteiger partial charge in [-0.15, -0.1) is 6.58 Å². The molecule has 0 aliphatic carbocycles. The molecule has 0 nitrogen and oxygen atoms in total. The summed E-state index contributed by atoms with van der Waals surface area (Å²) in [6.45, 7) is 11.9. The minimum Gasteiger partial charge on any atom is -0.103 e. The highest BCUT2D eigenvalue weighted by Gasteiger charge is 2.04. The Labute approximate surface area is 52.6 Å². The fourth-order valence-electron chi connectivity index (χ4n) is 0.801. The van der Waals surface area contributed by atoms with Gasteiger partial charge in [-0.3, -0.25) is 0 Å². The van der Waals surface area contributed by atoms with Crippen molar-refractivity contribution in [2.75, 3.05) is 0 Å². The van der Waals surface area contributed by atoms with Gasteiger partial charge in [0.2, 0.25) is 0 Å². The third-order valence-electron chi connectivity index (χ3n) is 1.51. The van der Waals surface area contributed by atoms with Crippen molar-refractivity contribution in [1.29, 1.82) is 0 Å². The fraction of sp³-hybridized carbons (Fsp3) is 0.625. The monoisotopic (exact) mass is 111 g/mol. The Morgan fingerprint density at radius 3 is 2.12 bits per heavy atom. The summed E-state index contributed by atoms with van der Waals surface area (Å²) in [4.78, 5) is 0. The Morgan fingerprint density at radius 1 is 1.62 bits per heavy atom. The molecule has 0 aliphatic heterocycles. The van der Waals surface area contributed by atoms with Crippen molar-refractivity contribution in [2.24, 2.45) is 11.8 Å². The lowest BCUT2D eigenvalue weighted by atomic mass is 9.94. The fourth-order valence-corrected chi connectivity index (χ4v) is 0.801. The van der Waals surface area contributed by atoms with E-state index in [1.165, 1.54) is 0 Å². The van der Waals surface area contributed by atoms with Crippen molar-refractivity contribution in [3.05, 3.63) is 19.6 Å². The maximum Gasteiger partial charge on any atom is -0.0213 e. The van der Waals surface area contributed by atoms with E-state index in [0.29, 0.717) is 11.8 Å². The zero-order valence-corrected chi connectivity index (χ0v) is 5.85. The average molecular weight is 111 g/mol. The molecule has 0 aromatic carbocycles. The van der Waals surface area contributed by atoms with Gasteiger partial charge >= 0.3 is 0 Å². The molecule has 0 aromatic rings. The van der Waals surface area contributed by atoms with Crippen LogP contribution < -0.4 is 0 Å². The smallest absolute Gasteiger partial charge is 0.0213 e. The molecular weight excluding hydrogens is 96.1 g/mol. The topological polar surface area (TPSA) is 0 Å². The van der Waals surface area contributed by atoms with Gasteiger partial charge in [-0.05, 0) is 25.2 Å². The molecule has 0 heterocycles. The van der Waals surface area contributed by atoms with Gasteiger partial charge in [0.25, 0.3) is 0 Å². The van der Waals surface area contributed by atoms with E-state index < -0.39 is 0 Å². The van der Waals surface area contributed by atoms with E-state index in [-0.39, 0.29) is 0 Å². The lowest BCUT2D eigenvalue weighted by Crippen LogP contribution is -2.02. The van der Waals surface area contributed by atoms with Crippen molar-refractivity contribution in [1.82, 2.24) is 0 Å². The van der Waals surface area contributed by atoms with Gasteiger partial charge in [0, 0.05) is 0 Å². The first-order valence-electron chi connectivity index (χ1n) is 3.18. The number of hydrogen-bond donors (Lipinski definition) is 0. The maximum atomic E-state index is 3.91. The van der Waals surface area contributed by atoms with Gasteiger partial charge in [0.1, 0.15) is 0 Å². The van der Waals surface area contributed by atoms with E-state index in [1.54, 1.807) is 0 Å².